The van der Waals surface area contributed by atoms with E-state index in [1.54, 1.807) is 0 Å². The van der Waals surface area contributed by atoms with E-state index in [2.05, 4.69) is 230 Å². The van der Waals surface area contributed by atoms with Crippen molar-refractivity contribution in [3.63, 3.8) is 0 Å². The van der Waals surface area contributed by atoms with Crippen LogP contribution in [0.5, 0.6) is 0 Å². The summed E-state index contributed by atoms with van der Waals surface area (Å²) >= 11 is 1.83. The van der Waals surface area contributed by atoms with E-state index in [0.29, 0.717) is 0 Å². The van der Waals surface area contributed by atoms with Gasteiger partial charge in [-0.05, 0) is 84.7 Å². The van der Waals surface area contributed by atoms with Crippen molar-refractivity contribution >= 4 is 31.5 Å². The van der Waals surface area contributed by atoms with Crippen LogP contribution in [0.3, 0.4) is 0 Å². The Morgan fingerprint density at radius 1 is 0.391 bits per heavy atom. The van der Waals surface area contributed by atoms with E-state index in [9.17, 15) is 0 Å². The van der Waals surface area contributed by atoms with Gasteiger partial charge in [-0.3, -0.25) is 0 Å². The average molecular weight is 843 g/mol. The molecule has 1 aliphatic carbocycles. The van der Waals surface area contributed by atoms with Crippen LogP contribution in [0.1, 0.15) is 74.9 Å². The Labute approximate surface area is 381 Å². The number of thiophene rings is 1. The molecule has 10 aromatic rings. The molecular weight excluding hydrogens is 793 g/mol. The van der Waals surface area contributed by atoms with Gasteiger partial charge < -0.3 is 0 Å². The molecule has 11 rings (SSSR count). The summed E-state index contributed by atoms with van der Waals surface area (Å²) in [6.07, 6.45) is 0. The van der Waals surface area contributed by atoms with E-state index in [4.69, 9.17) is 9.97 Å². The zero-order valence-electron chi connectivity index (χ0n) is 37.3. The Hall–Kier alpha value is -6.94. The maximum Gasteiger partial charge on any atom is 0.160 e. The van der Waals surface area contributed by atoms with Crippen LogP contribution in [-0.4, -0.2) is 9.97 Å². The van der Waals surface area contributed by atoms with Gasteiger partial charge in [-0.15, -0.1) is 11.3 Å². The zero-order valence-corrected chi connectivity index (χ0v) is 38.1. The molecule has 1 aliphatic rings. The summed E-state index contributed by atoms with van der Waals surface area (Å²) in [5.74, 6) is 0.718. The summed E-state index contributed by atoms with van der Waals surface area (Å²) in [7, 11) is 0. The summed E-state index contributed by atoms with van der Waals surface area (Å²) in [4.78, 5) is 10.5. The molecular formula is C61H50N2S. The molecule has 0 N–H and O–H groups in total. The van der Waals surface area contributed by atoms with Crippen LogP contribution in [0.15, 0.2) is 194 Å². The summed E-state index contributed by atoms with van der Waals surface area (Å²) in [6.45, 7) is 13.9. The number of hydrogen-bond acceptors (Lipinski definition) is 3. The molecule has 2 nitrogen and oxygen atoms in total. The maximum absolute atomic E-state index is 5.23. The molecule has 0 bridgehead atoms. The van der Waals surface area contributed by atoms with Crippen molar-refractivity contribution in [1.82, 2.24) is 9.97 Å². The number of rotatable bonds is 6. The number of hydrogen-bond donors (Lipinski definition) is 0. The molecule has 64 heavy (non-hydrogen) atoms. The standard InChI is InChI=1S/C61H50N2S/c1-59(2,3)43-19-14-21-45(36-43)61(46-22-15-20-44(37-46)60(4,5)6)52-27-12-10-23-47(52)48-34-33-42(35-53(48)61)39-29-31-40(32-30-39)54-38-55(63-58(62-54)41-17-8-7-9-18-41)51-26-16-25-50-49-24-11-13-28-56(49)64-57(50)51/h7-38H,1-6H3. The monoisotopic (exact) mass is 842 g/mol. The molecule has 0 saturated carbocycles. The minimum Gasteiger partial charge on any atom is -0.228 e. The van der Waals surface area contributed by atoms with E-state index >= 15 is 0 Å². The molecule has 0 aliphatic heterocycles. The Bertz CT molecular complexity index is 3340. The quantitative estimate of drug-likeness (QED) is 0.167. The predicted molar refractivity (Wildman–Crippen MR) is 271 cm³/mol. The van der Waals surface area contributed by atoms with Crippen LogP contribution >= 0.6 is 11.3 Å². The van der Waals surface area contributed by atoms with Gasteiger partial charge in [0.05, 0.1) is 16.8 Å². The van der Waals surface area contributed by atoms with E-state index < -0.39 is 5.41 Å². The fraction of sp³-hybridized carbons (Fsp3) is 0.148. The number of benzene rings is 8. The minimum absolute atomic E-state index is 0.00670. The third-order valence-electron chi connectivity index (χ3n) is 13.3. The fourth-order valence-corrected chi connectivity index (χ4v) is 11.1. The fourth-order valence-electron chi connectivity index (χ4n) is 9.92. The average Bonchev–Trinajstić information content (AvgIpc) is 3.85. The molecule has 0 fully saturated rings. The Morgan fingerprint density at radius 2 is 0.953 bits per heavy atom. The first-order valence-corrected chi connectivity index (χ1v) is 23.2. The summed E-state index contributed by atoms with van der Waals surface area (Å²) in [6, 6.07) is 71.7. The number of aromatic nitrogens is 2. The first kappa shape index (κ1) is 39.9. The summed E-state index contributed by atoms with van der Waals surface area (Å²) < 4.78 is 2.52. The van der Waals surface area contributed by atoms with Gasteiger partial charge in [-0.25, -0.2) is 9.97 Å². The van der Waals surface area contributed by atoms with Crippen LogP contribution < -0.4 is 0 Å². The second kappa shape index (κ2) is 15.1. The summed E-state index contributed by atoms with van der Waals surface area (Å²) in [5, 5.41) is 2.54. The first-order valence-electron chi connectivity index (χ1n) is 22.4. The van der Waals surface area contributed by atoms with E-state index in [-0.39, 0.29) is 10.8 Å². The van der Waals surface area contributed by atoms with Crippen LogP contribution in [-0.2, 0) is 16.2 Å². The van der Waals surface area contributed by atoms with Gasteiger partial charge >= 0.3 is 0 Å². The molecule has 2 aromatic heterocycles. The van der Waals surface area contributed by atoms with Crippen molar-refractivity contribution in [2.24, 2.45) is 0 Å². The molecule has 8 aromatic carbocycles. The second-order valence-corrected chi connectivity index (χ2v) is 20.5. The first-order chi connectivity index (χ1) is 31.0. The molecule has 310 valence electrons. The predicted octanol–water partition coefficient (Wildman–Crippen LogP) is 16.5. The van der Waals surface area contributed by atoms with Crippen molar-refractivity contribution < 1.29 is 0 Å². The van der Waals surface area contributed by atoms with Gasteiger partial charge in [0, 0.05) is 36.9 Å². The largest absolute Gasteiger partial charge is 0.228 e. The molecule has 0 spiro atoms. The van der Waals surface area contributed by atoms with Gasteiger partial charge in [-0.1, -0.05) is 217 Å². The van der Waals surface area contributed by atoms with Crippen molar-refractivity contribution in [3.8, 4) is 56.2 Å². The van der Waals surface area contributed by atoms with Crippen LogP contribution in [0.2, 0.25) is 0 Å². The Kier molecular flexibility index (Phi) is 9.41. The van der Waals surface area contributed by atoms with Gasteiger partial charge in [0.15, 0.2) is 5.82 Å². The molecule has 0 saturated heterocycles. The Balaban J connectivity index is 1.06. The van der Waals surface area contributed by atoms with Crippen LogP contribution in [0, 0.1) is 0 Å². The molecule has 0 radical (unpaired) electrons. The lowest BCUT2D eigenvalue weighted by Gasteiger charge is -2.36. The molecule has 3 heteroatoms. The van der Waals surface area contributed by atoms with E-state index in [1.807, 2.05) is 17.4 Å². The van der Waals surface area contributed by atoms with Crippen molar-refractivity contribution in [1.29, 1.82) is 0 Å². The SMILES string of the molecule is CC(C)(C)c1cccc(C2(c3cccc(C(C)(C)C)c3)c3ccccc3-c3ccc(-c4ccc(-c5cc(-c6cccc7c6sc6ccccc67)nc(-c6ccccc6)n5)cc4)cc32)c1. The Morgan fingerprint density at radius 3 is 1.67 bits per heavy atom. The summed E-state index contributed by atoms with van der Waals surface area (Å²) in [5.41, 5.74) is 17.3. The van der Waals surface area contributed by atoms with Crippen LogP contribution in [0.4, 0.5) is 0 Å². The van der Waals surface area contributed by atoms with Gasteiger partial charge in [-0.2, -0.15) is 0 Å². The molecule has 2 heterocycles. The topological polar surface area (TPSA) is 25.8 Å². The van der Waals surface area contributed by atoms with Gasteiger partial charge in [0.2, 0.25) is 0 Å². The number of nitrogens with zero attached hydrogens (tertiary/aromatic N) is 2. The van der Waals surface area contributed by atoms with Crippen molar-refractivity contribution in [2.75, 3.05) is 0 Å². The van der Waals surface area contributed by atoms with Gasteiger partial charge in [0.1, 0.15) is 0 Å². The highest BCUT2D eigenvalue weighted by atomic mass is 32.1. The second-order valence-electron chi connectivity index (χ2n) is 19.4. The van der Waals surface area contributed by atoms with E-state index in [1.165, 1.54) is 70.2 Å². The minimum atomic E-state index is -0.521. The third-order valence-corrected chi connectivity index (χ3v) is 14.5. The van der Waals surface area contributed by atoms with Crippen molar-refractivity contribution in [3.05, 3.63) is 228 Å². The van der Waals surface area contributed by atoms with Gasteiger partial charge in [0.25, 0.3) is 0 Å². The normalized spacial score (nSPS) is 13.3. The van der Waals surface area contributed by atoms with Crippen LogP contribution in [0.25, 0.3) is 76.3 Å². The van der Waals surface area contributed by atoms with Crippen molar-refractivity contribution in [2.45, 2.75) is 57.8 Å². The lowest BCUT2D eigenvalue weighted by molar-refractivity contribution is 0.585. The van der Waals surface area contributed by atoms with E-state index in [0.717, 1.165) is 39.5 Å². The molecule has 0 amide bonds. The molecule has 0 atom stereocenters. The highest BCUT2D eigenvalue weighted by Crippen LogP contribution is 2.57. The number of fused-ring (bicyclic) bond motifs is 6. The lowest BCUT2D eigenvalue weighted by Crippen LogP contribution is -2.30. The maximum atomic E-state index is 5.23. The smallest absolute Gasteiger partial charge is 0.160 e. The highest BCUT2D eigenvalue weighted by Gasteiger charge is 2.47. The lowest BCUT2D eigenvalue weighted by atomic mass is 9.66. The highest BCUT2D eigenvalue weighted by molar-refractivity contribution is 7.26. The zero-order chi connectivity index (χ0) is 43.8. The molecule has 0 unspecified atom stereocenters. The third kappa shape index (κ3) is 6.61.